The summed E-state index contributed by atoms with van der Waals surface area (Å²) in [4.78, 5) is 0. The number of hydrogen-bond donors (Lipinski definition) is 1. The summed E-state index contributed by atoms with van der Waals surface area (Å²) in [6.45, 7) is 2.24. The van der Waals surface area contributed by atoms with Gasteiger partial charge in [-0.2, -0.15) is 0 Å². The number of hydrogen-bond acceptors (Lipinski definition) is 3. The molecule has 0 unspecified atom stereocenters. The van der Waals surface area contributed by atoms with Crippen LogP contribution in [0.2, 0.25) is 0 Å². The summed E-state index contributed by atoms with van der Waals surface area (Å²) in [5.74, 6) is 1.39. The molecular formula is C16H16FNO2. The molecule has 104 valence electrons. The average molecular weight is 273 g/mol. The Morgan fingerprint density at radius 2 is 1.65 bits per heavy atom. The van der Waals surface area contributed by atoms with Gasteiger partial charge in [-0.05, 0) is 12.1 Å². The third-order valence-electron chi connectivity index (χ3n) is 3.24. The molecule has 0 amide bonds. The van der Waals surface area contributed by atoms with Crippen LogP contribution >= 0.6 is 0 Å². The predicted octanol–water partition coefficient (Wildman–Crippen LogP) is 2.89. The zero-order valence-electron chi connectivity index (χ0n) is 11.1. The number of nitrogens with one attached hydrogen (secondary N) is 1. The molecule has 0 bridgehead atoms. The number of ether oxygens (including phenoxy) is 2. The third-order valence-corrected chi connectivity index (χ3v) is 3.24. The molecule has 0 saturated carbocycles. The van der Waals surface area contributed by atoms with Crippen molar-refractivity contribution in [3.63, 3.8) is 0 Å². The van der Waals surface area contributed by atoms with Crippen molar-refractivity contribution < 1.29 is 13.9 Å². The van der Waals surface area contributed by atoms with E-state index in [4.69, 9.17) is 9.47 Å². The van der Waals surface area contributed by atoms with Crippen molar-refractivity contribution in [2.75, 3.05) is 13.2 Å². The van der Waals surface area contributed by atoms with E-state index < -0.39 is 0 Å². The van der Waals surface area contributed by atoms with E-state index in [1.54, 1.807) is 12.1 Å². The van der Waals surface area contributed by atoms with Gasteiger partial charge in [0, 0.05) is 24.2 Å². The monoisotopic (exact) mass is 273 g/mol. The number of fused-ring (bicyclic) bond motifs is 1. The lowest BCUT2D eigenvalue weighted by Crippen LogP contribution is -2.19. The summed E-state index contributed by atoms with van der Waals surface area (Å²) in [7, 11) is 0. The second-order valence-corrected chi connectivity index (χ2v) is 4.64. The summed E-state index contributed by atoms with van der Waals surface area (Å²) >= 11 is 0. The molecular weight excluding hydrogens is 257 g/mol. The molecule has 3 rings (SSSR count). The highest BCUT2D eigenvalue weighted by Gasteiger charge is 2.15. The highest BCUT2D eigenvalue weighted by atomic mass is 19.1. The van der Waals surface area contributed by atoms with Crippen LogP contribution in [-0.4, -0.2) is 13.2 Å². The topological polar surface area (TPSA) is 30.5 Å². The molecule has 0 aliphatic carbocycles. The summed E-state index contributed by atoms with van der Waals surface area (Å²) in [6, 6.07) is 12.6. The molecule has 3 nitrogen and oxygen atoms in total. The van der Waals surface area contributed by atoms with Crippen LogP contribution in [-0.2, 0) is 13.1 Å². The Balaban J connectivity index is 1.66. The number of rotatable bonds is 4. The van der Waals surface area contributed by atoms with Crippen LogP contribution in [0.5, 0.6) is 11.5 Å². The van der Waals surface area contributed by atoms with Crippen LogP contribution in [0.1, 0.15) is 11.1 Å². The van der Waals surface area contributed by atoms with Crippen LogP contribution in [0.4, 0.5) is 4.39 Å². The van der Waals surface area contributed by atoms with Gasteiger partial charge in [0.15, 0.2) is 11.5 Å². The lowest BCUT2D eigenvalue weighted by molar-refractivity contribution is 0.169. The Morgan fingerprint density at radius 1 is 0.900 bits per heavy atom. The number of para-hydroxylation sites is 1. The van der Waals surface area contributed by atoms with Crippen molar-refractivity contribution in [3.05, 3.63) is 59.4 Å². The lowest BCUT2D eigenvalue weighted by Gasteiger charge is -2.21. The summed E-state index contributed by atoms with van der Waals surface area (Å²) in [5, 5.41) is 3.23. The van der Waals surface area contributed by atoms with Crippen molar-refractivity contribution in [1.29, 1.82) is 0 Å². The van der Waals surface area contributed by atoms with E-state index in [0.717, 1.165) is 17.1 Å². The quantitative estimate of drug-likeness (QED) is 0.929. The molecule has 1 heterocycles. The second kappa shape index (κ2) is 5.92. The fraction of sp³-hybridized carbons (Fsp3) is 0.250. The van der Waals surface area contributed by atoms with Crippen LogP contribution in [0, 0.1) is 5.82 Å². The first-order valence-electron chi connectivity index (χ1n) is 6.66. The highest BCUT2D eigenvalue weighted by molar-refractivity contribution is 5.47. The van der Waals surface area contributed by atoms with Gasteiger partial charge in [0.2, 0.25) is 0 Å². The standard InChI is InChI=1S/C16H16FNO2/c17-14-6-2-1-4-12(14)10-18-11-13-5-3-7-15-16(13)20-9-8-19-15/h1-7,18H,8-11H2. The largest absolute Gasteiger partial charge is 0.486 e. The molecule has 0 aromatic heterocycles. The minimum Gasteiger partial charge on any atom is -0.486 e. The van der Waals surface area contributed by atoms with E-state index >= 15 is 0 Å². The molecule has 0 saturated heterocycles. The van der Waals surface area contributed by atoms with Gasteiger partial charge in [0.25, 0.3) is 0 Å². The van der Waals surface area contributed by atoms with Crippen molar-refractivity contribution in [2.24, 2.45) is 0 Å². The van der Waals surface area contributed by atoms with Crippen molar-refractivity contribution in [3.8, 4) is 11.5 Å². The molecule has 1 aliphatic rings. The Hall–Kier alpha value is -2.07. The first-order chi connectivity index (χ1) is 9.84. The minimum atomic E-state index is -0.185. The average Bonchev–Trinajstić information content (AvgIpc) is 2.49. The van der Waals surface area contributed by atoms with Gasteiger partial charge in [-0.25, -0.2) is 4.39 Å². The first kappa shape index (κ1) is 12.9. The second-order valence-electron chi connectivity index (χ2n) is 4.64. The Morgan fingerprint density at radius 3 is 2.55 bits per heavy atom. The molecule has 2 aromatic carbocycles. The van der Waals surface area contributed by atoms with Crippen LogP contribution < -0.4 is 14.8 Å². The molecule has 0 fully saturated rings. The maximum Gasteiger partial charge on any atom is 0.165 e. The molecule has 1 aliphatic heterocycles. The van der Waals surface area contributed by atoms with Gasteiger partial charge < -0.3 is 14.8 Å². The van der Waals surface area contributed by atoms with Crippen molar-refractivity contribution in [2.45, 2.75) is 13.1 Å². The fourth-order valence-electron chi connectivity index (χ4n) is 2.25. The SMILES string of the molecule is Fc1ccccc1CNCc1cccc2c1OCCO2. The lowest BCUT2D eigenvalue weighted by atomic mass is 10.1. The minimum absolute atomic E-state index is 0.185. The summed E-state index contributed by atoms with van der Waals surface area (Å²) < 4.78 is 24.7. The molecule has 20 heavy (non-hydrogen) atoms. The van der Waals surface area contributed by atoms with E-state index in [0.29, 0.717) is 31.9 Å². The van der Waals surface area contributed by atoms with Gasteiger partial charge in [-0.15, -0.1) is 0 Å². The fourth-order valence-corrected chi connectivity index (χ4v) is 2.25. The van der Waals surface area contributed by atoms with Gasteiger partial charge in [-0.1, -0.05) is 30.3 Å². The van der Waals surface area contributed by atoms with Gasteiger partial charge >= 0.3 is 0 Å². The smallest absolute Gasteiger partial charge is 0.165 e. The molecule has 4 heteroatoms. The Kier molecular flexibility index (Phi) is 3.83. The zero-order valence-corrected chi connectivity index (χ0v) is 11.1. The molecule has 1 N–H and O–H groups in total. The Bertz CT molecular complexity index is 601. The third kappa shape index (κ3) is 2.75. The van der Waals surface area contributed by atoms with E-state index in [1.165, 1.54) is 6.07 Å². The van der Waals surface area contributed by atoms with Gasteiger partial charge in [0.1, 0.15) is 19.0 Å². The van der Waals surface area contributed by atoms with Crippen molar-refractivity contribution in [1.82, 2.24) is 5.32 Å². The summed E-state index contributed by atoms with van der Waals surface area (Å²) in [6.07, 6.45) is 0. The Labute approximate surface area is 117 Å². The number of benzene rings is 2. The van der Waals surface area contributed by atoms with Crippen LogP contribution in [0.15, 0.2) is 42.5 Å². The first-order valence-corrected chi connectivity index (χ1v) is 6.66. The van der Waals surface area contributed by atoms with E-state index in [1.807, 2.05) is 24.3 Å². The predicted molar refractivity (Wildman–Crippen MR) is 74.4 cm³/mol. The van der Waals surface area contributed by atoms with Gasteiger partial charge in [0.05, 0.1) is 0 Å². The maximum atomic E-state index is 13.5. The molecule has 0 radical (unpaired) electrons. The molecule has 0 atom stereocenters. The highest BCUT2D eigenvalue weighted by Crippen LogP contribution is 2.33. The summed E-state index contributed by atoms with van der Waals surface area (Å²) in [5.41, 5.74) is 1.69. The van der Waals surface area contributed by atoms with E-state index in [-0.39, 0.29) is 5.82 Å². The molecule has 0 spiro atoms. The van der Waals surface area contributed by atoms with Crippen molar-refractivity contribution >= 4 is 0 Å². The van der Waals surface area contributed by atoms with Crippen LogP contribution in [0.25, 0.3) is 0 Å². The maximum absolute atomic E-state index is 13.5. The number of halogens is 1. The zero-order chi connectivity index (χ0) is 13.8. The molecule has 2 aromatic rings. The van der Waals surface area contributed by atoms with Crippen LogP contribution in [0.3, 0.4) is 0 Å². The van der Waals surface area contributed by atoms with Gasteiger partial charge in [-0.3, -0.25) is 0 Å². The van der Waals surface area contributed by atoms with E-state index in [2.05, 4.69) is 5.32 Å². The van der Waals surface area contributed by atoms with E-state index in [9.17, 15) is 4.39 Å². The normalized spacial score (nSPS) is 13.2.